The number of aliphatic carboxylic acids is 1. The molecule has 0 aromatic rings. The number of hydrogen-bond donors (Lipinski definition) is 1. The fourth-order valence-electron chi connectivity index (χ4n) is 1.81. The van der Waals surface area contributed by atoms with E-state index in [4.69, 9.17) is 9.84 Å². The predicted octanol–water partition coefficient (Wildman–Crippen LogP) is 1.03. The summed E-state index contributed by atoms with van der Waals surface area (Å²) in [7, 11) is 0. The quantitative estimate of drug-likeness (QED) is 0.577. The third-order valence-corrected chi connectivity index (χ3v) is 2.84. The van der Waals surface area contributed by atoms with Crippen molar-refractivity contribution in [2.45, 2.75) is 38.4 Å². The van der Waals surface area contributed by atoms with E-state index in [0.717, 1.165) is 12.8 Å². The van der Waals surface area contributed by atoms with Gasteiger partial charge in [0.1, 0.15) is 0 Å². The van der Waals surface area contributed by atoms with Gasteiger partial charge in [0, 0.05) is 0 Å². The summed E-state index contributed by atoms with van der Waals surface area (Å²) in [6.07, 6.45) is 3.04. The molecule has 0 bridgehead atoms. The Morgan fingerprint density at radius 2 is 2.36 bits per heavy atom. The van der Waals surface area contributed by atoms with Crippen molar-refractivity contribution >= 4 is 5.97 Å². The van der Waals surface area contributed by atoms with Crippen molar-refractivity contribution in [3.8, 4) is 0 Å². The van der Waals surface area contributed by atoms with E-state index in [1.165, 1.54) is 0 Å². The van der Waals surface area contributed by atoms with E-state index in [0.29, 0.717) is 12.5 Å². The lowest BCUT2D eigenvalue weighted by Gasteiger charge is -2.26. The van der Waals surface area contributed by atoms with Gasteiger partial charge in [-0.2, -0.15) is 0 Å². The Bertz CT molecular complexity index is 202. The van der Waals surface area contributed by atoms with Crippen LogP contribution in [0.3, 0.4) is 0 Å². The van der Waals surface area contributed by atoms with Crippen LogP contribution in [0.4, 0.5) is 0 Å². The lowest BCUT2D eigenvalue weighted by atomic mass is 9.76. The van der Waals surface area contributed by atoms with Crippen molar-refractivity contribution < 1.29 is 14.6 Å². The summed E-state index contributed by atoms with van der Waals surface area (Å²) >= 11 is 0. The molecule has 3 unspecified atom stereocenters. The second kappa shape index (κ2) is 1.97. The van der Waals surface area contributed by atoms with Crippen LogP contribution in [0.2, 0.25) is 0 Å². The zero-order valence-electron chi connectivity index (χ0n) is 6.54. The van der Waals surface area contributed by atoms with Gasteiger partial charge in [-0.05, 0) is 26.2 Å². The van der Waals surface area contributed by atoms with Crippen LogP contribution >= 0.6 is 0 Å². The molecule has 1 saturated heterocycles. The number of carboxylic acid groups (broad SMARTS) is 1. The molecule has 1 saturated carbocycles. The summed E-state index contributed by atoms with van der Waals surface area (Å²) in [6, 6.07) is 0. The number of rotatable bonds is 1. The molecule has 1 aliphatic heterocycles. The van der Waals surface area contributed by atoms with Gasteiger partial charge in [-0.15, -0.1) is 0 Å². The molecule has 2 rings (SSSR count). The van der Waals surface area contributed by atoms with Crippen molar-refractivity contribution in [3.63, 3.8) is 0 Å². The van der Waals surface area contributed by atoms with E-state index in [1.807, 2.05) is 6.92 Å². The molecule has 0 spiro atoms. The van der Waals surface area contributed by atoms with Crippen molar-refractivity contribution in [2.75, 3.05) is 0 Å². The zero-order chi connectivity index (χ0) is 8.06. The fraction of sp³-hybridized carbons (Fsp3) is 0.875. The Morgan fingerprint density at radius 1 is 1.64 bits per heavy atom. The molecular formula is C8H12O3. The van der Waals surface area contributed by atoms with Gasteiger partial charge in [0.05, 0.1) is 17.6 Å². The molecule has 3 nitrogen and oxygen atoms in total. The molecule has 0 aromatic carbocycles. The molecule has 62 valence electrons. The van der Waals surface area contributed by atoms with Gasteiger partial charge >= 0.3 is 5.97 Å². The van der Waals surface area contributed by atoms with Gasteiger partial charge in [-0.25, -0.2) is 0 Å². The molecule has 3 atom stereocenters. The Kier molecular flexibility index (Phi) is 1.27. The molecule has 0 aromatic heterocycles. The van der Waals surface area contributed by atoms with Crippen molar-refractivity contribution in [3.05, 3.63) is 0 Å². The predicted molar refractivity (Wildman–Crippen MR) is 38.3 cm³/mol. The maximum atomic E-state index is 10.8. The molecule has 1 aliphatic carbocycles. The highest BCUT2D eigenvalue weighted by atomic mass is 16.6. The number of hydrogen-bond acceptors (Lipinski definition) is 2. The third-order valence-electron chi connectivity index (χ3n) is 2.84. The van der Waals surface area contributed by atoms with Crippen molar-refractivity contribution in [1.82, 2.24) is 0 Å². The van der Waals surface area contributed by atoms with Crippen LogP contribution < -0.4 is 0 Å². The molecule has 1 heterocycles. The van der Waals surface area contributed by atoms with Crippen LogP contribution in [-0.4, -0.2) is 23.3 Å². The number of carbonyl (C=O) groups is 1. The Morgan fingerprint density at radius 3 is 2.91 bits per heavy atom. The lowest BCUT2D eigenvalue weighted by molar-refractivity contribution is -0.149. The van der Waals surface area contributed by atoms with E-state index in [1.54, 1.807) is 0 Å². The van der Waals surface area contributed by atoms with Crippen molar-refractivity contribution in [1.29, 1.82) is 0 Å². The molecule has 0 radical (unpaired) electrons. The first-order valence-electron chi connectivity index (χ1n) is 4.01. The molecule has 0 amide bonds. The van der Waals surface area contributed by atoms with E-state index in [9.17, 15) is 4.79 Å². The number of epoxide rings is 1. The smallest absolute Gasteiger partial charge is 0.309 e. The lowest BCUT2D eigenvalue weighted by Crippen LogP contribution is -2.32. The first-order chi connectivity index (χ1) is 5.12. The summed E-state index contributed by atoms with van der Waals surface area (Å²) in [4.78, 5) is 10.8. The number of fused-ring (bicyclic) bond motifs is 1. The minimum absolute atomic E-state index is 0.254. The van der Waals surface area contributed by atoms with Crippen LogP contribution in [0.1, 0.15) is 26.2 Å². The number of carboxylic acids is 1. The second-order valence-corrected chi connectivity index (χ2v) is 3.82. The summed E-state index contributed by atoms with van der Waals surface area (Å²) in [6.45, 7) is 1.81. The maximum absolute atomic E-state index is 10.8. The highest BCUT2D eigenvalue weighted by Crippen LogP contribution is 2.46. The summed E-state index contributed by atoms with van der Waals surface area (Å²) in [5, 5.41) is 8.88. The maximum Gasteiger partial charge on any atom is 0.309 e. The molecule has 2 aliphatic rings. The van der Waals surface area contributed by atoms with E-state index in [2.05, 4.69) is 0 Å². The highest BCUT2D eigenvalue weighted by molar-refractivity contribution is 5.74. The van der Waals surface area contributed by atoms with Crippen LogP contribution in [0.15, 0.2) is 0 Å². The largest absolute Gasteiger partial charge is 0.481 e. The average Bonchev–Trinajstić information content (AvgIpc) is 2.65. The molecule has 1 N–H and O–H groups in total. The standard InChI is InChI=1S/C8H12O3/c1-8(7(9)10)3-2-5-6(4-8)11-5/h5-6H,2-4H2,1H3,(H,9,10). The van der Waals surface area contributed by atoms with Crippen LogP contribution in [-0.2, 0) is 9.53 Å². The Balaban J connectivity index is 2.08. The van der Waals surface area contributed by atoms with Gasteiger partial charge in [-0.1, -0.05) is 0 Å². The van der Waals surface area contributed by atoms with E-state index >= 15 is 0 Å². The first kappa shape index (κ1) is 7.10. The van der Waals surface area contributed by atoms with Gasteiger partial charge < -0.3 is 9.84 Å². The summed E-state index contributed by atoms with van der Waals surface area (Å²) in [5.41, 5.74) is -0.516. The van der Waals surface area contributed by atoms with Crippen LogP contribution in [0, 0.1) is 5.41 Å². The van der Waals surface area contributed by atoms with Gasteiger partial charge in [0.2, 0.25) is 0 Å². The van der Waals surface area contributed by atoms with Crippen LogP contribution in [0.25, 0.3) is 0 Å². The minimum Gasteiger partial charge on any atom is -0.481 e. The minimum atomic E-state index is -0.675. The highest BCUT2D eigenvalue weighted by Gasteiger charge is 2.51. The third kappa shape index (κ3) is 1.03. The van der Waals surface area contributed by atoms with Gasteiger partial charge in [0.25, 0.3) is 0 Å². The first-order valence-corrected chi connectivity index (χ1v) is 4.01. The zero-order valence-corrected chi connectivity index (χ0v) is 6.54. The Hall–Kier alpha value is -0.570. The monoisotopic (exact) mass is 156 g/mol. The molecule has 2 fully saturated rings. The molecule has 3 heteroatoms. The molecular weight excluding hydrogens is 144 g/mol. The number of ether oxygens (including phenoxy) is 1. The molecule has 11 heavy (non-hydrogen) atoms. The van der Waals surface area contributed by atoms with Crippen LogP contribution in [0.5, 0.6) is 0 Å². The SMILES string of the molecule is CC1(C(=O)O)CCC2OC2C1. The van der Waals surface area contributed by atoms with Gasteiger partial charge in [0.15, 0.2) is 0 Å². The summed E-state index contributed by atoms with van der Waals surface area (Å²) in [5.74, 6) is -0.675. The fourth-order valence-corrected chi connectivity index (χ4v) is 1.81. The van der Waals surface area contributed by atoms with E-state index in [-0.39, 0.29) is 6.10 Å². The van der Waals surface area contributed by atoms with E-state index < -0.39 is 11.4 Å². The average molecular weight is 156 g/mol. The summed E-state index contributed by atoms with van der Waals surface area (Å²) < 4.78 is 5.26. The second-order valence-electron chi connectivity index (χ2n) is 3.82. The topological polar surface area (TPSA) is 49.8 Å². The Labute approximate surface area is 65.4 Å². The van der Waals surface area contributed by atoms with Gasteiger partial charge in [-0.3, -0.25) is 4.79 Å². The van der Waals surface area contributed by atoms with Crippen molar-refractivity contribution in [2.24, 2.45) is 5.41 Å². The normalized spacial score (nSPS) is 48.1.